The van der Waals surface area contributed by atoms with Crippen LogP contribution in [0.3, 0.4) is 0 Å². The van der Waals surface area contributed by atoms with Crippen molar-refractivity contribution in [1.29, 1.82) is 0 Å². The summed E-state index contributed by atoms with van der Waals surface area (Å²) in [7, 11) is 3.32. The monoisotopic (exact) mass is 347 g/mol. The number of imidazole rings is 2. The van der Waals surface area contributed by atoms with Gasteiger partial charge in [-0.15, -0.1) is 5.10 Å². The molecule has 0 aliphatic rings. The van der Waals surface area contributed by atoms with Crippen molar-refractivity contribution in [3.63, 3.8) is 0 Å². The number of aliphatic imine (C=N–C) groups is 1. The minimum Gasteiger partial charge on any atom is -0.478 e. The molecule has 0 radical (unpaired) electrons. The number of methoxy groups -OCH3 is 1. The fourth-order valence-corrected chi connectivity index (χ4v) is 1.92. The van der Waals surface area contributed by atoms with Crippen molar-refractivity contribution in [3.05, 3.63) is 43.6 Å². The van der Waals surface area contributed by atoms with Crippen LogP contribution in [0.2, 0.25) is 0 Å². The van der Waals surface area contributed by atoms with Crippen molar-refractivity contribution in [1.82, 2.24) is 28.9 Å². The summed E-state index contributed by atoms with van der Waals surface area (Å²) in [6, 6.07) is 0. The molecule has 3 rings (SSSR count). The summed E-state index contributed by atoms with van der Waals surface area (Å²) in [5.41, 5.74) is 0.602. The van der Waals surface area contributed by atoms with E-state index in [0.29, 0.717) is 16.7 Å². The maximum absolute atomic E-state index is 5.14. The summed E-state index contributed by atoms with van der Waals surface area (Å²) < 4.78 is 10.0. The van der Waals surface area contributed by atoms with Crippen LogP contribution in [-0.2, 0) is 7.05 Å². The fraction of sp³-hybridized carbons (Fsp3) is 0.154. The van der Waals surface area contributed by atoms with Crippen LogP contribution in [0.1, 0.15) is 0 Å². The van der Waals surface area contributed by atoms with Gasteiger partial charge in [0, 0.05) is 31.8 Å². The molecule has 0 aliphatic carbocycles. The van der Waals surface area contributed by atoms with Crippen molar-refractivity contribution in [2.45, 2.75) is 0 Å². The largest absolute Gasteiger partial charge is 0.478 e. The molecule has 0 N–H and O–H groups in total. The lowest BCUT2D eigenvalue weighted by Gasteiger charge is -2.02. The van der Waals surface area contributed by atoms with Crippen LogP contribution in [0.15, 0.2) is 48.6 Å². The van der Waals surface area contributed by atoms with E-state index in [9.17, 15) is 0 Å². The Balaban J connectivity index is 0.000000168. The lowest BCUT2D eigenvalue weighted by atomic mass is 10.6. The second-order valence-corrected chi connectivity index (χ2v) is 4.67. The van der Waals surface area contributed by atoms with Crippen molar-refractivity contribution >= 4 is 40.4 Å². The summed E-state index contributed by atoms with van der Waals surface area (Å²) in [5.74, 6) is 0.463. The molecule has 0 bridgehead atoms. The third kappa shape index (κ3) is 4.39. The number of aromatic nitrogens is 6. The molecule has 23 heavy (non-hydrogen) atoms. The molecule has 0 saturated carbocycles. The quantitative estimate of drug-likeness (QED) is 0.521. The number of hydrogen-bond donors (Lipinski definition) is 0. The zero-order chi connectivity index (χ0) is 16.7. The Kier molecular flexibility index (Phi) is 5.87. The van der Waals surface area contributed by atoms with E-state index in [-0.39, 0.29) is 0 Å². The average molecular weight is 347 g/mol. The number of aryl methyl sites for hydroxylation is 1. The first-order valence-electron chi connectivity index (χ1n) is 6.32. The van der Waals surface area contributed by atoms with E-state index in [1.807, 2.05) is 0 Å². The van der Waals surface area contributed by atoms with E-state index < -0.39 is 0 Å². The van der Waals surface area contributed by atoms with Gasteiger partial charge in [0.05, 0.1) is 18.5 Å². The molecular formula is C13H13N7OS2. The summed E-state index contributed by atoms with van der Waals surface area (Å²) >= 11 is 9.58. The molecular weight excluding hydrogens is 334 g/mol. The minimum absolute atomic E-state index is 0.463. The summed E-state index contributed by atoms with van der Waals surface area (Å²) in [4.78, 5) is 11.5. The molecule has 8 nitrogen and oxygen atoms in total. The maximum Gasteiger partial charge on any atom is 0.259 e. The van der Waals surface area contributed by atoms with E-state index >= 15 is 0 Å². The molecule has 0 unspecified atom stereocenters. The predicted octanol–water partition coefficient (Wildman–Crippen LogP) is 1.92. The van der Waals surface area contributed by atoms with Crippen LogP contribution < -0.4 is 4.74 Å². The van der Waals surface area contributed by atoms with E-state index in [2.05, 4.69) is 37.4 Å². The van der Waals surface area contributed by atoms with Gasteiger partial charge in [0.25, 0.3) is 5.88 Å². The van der Waals surface area contributed by atoms with E-state index in [1.165, 1.54) is 7.11 Å². The zero-order valence-corrected chi connectivity index (χ0v) is 14.0. The average Bonchev–Trinajstić information content (AvgIpc) is 3.29. The lowest BCUT2D eigenvalue weighted by molar-refractivity contribution is 0.393. The Morgan fingerprint density at radius 3 is 2.26 bits per heavy atom. The second-order valence-electron chi connectivity index (χ2n) is 4.12. The Morgan fingerprint density at radius 2 is 1.83 bits per heavy atom. The fourth-order valence-electron chi connectivity index (χ4n) is 1.60. The van der Waals surface area contributed by atoms with Gasteiger partial charge in [-0.3, -0.25) is 13.8 Å². The number of isothiocyanates is 1. The highest BCUT2D eigenvalue weighted by molar-refractivity contribution is 7.80. The number of thiocarbonyl (C=S) groups is 2. The summed E-state index contributed by atoms with van der Waals surface area (Å²) in [6.45, 7) is 0. The molecule has 0 fully saturated rings. The van der Waals surface area contributed by atoms with Crippen LogP contribution in [0.25, 0.3) is 0 Å². The van der Waals surface area contributed by atoms with Gasteiger partial charge in [-0.2, -0.15) is 4.99 Å². The number of hydrogen-bond acceptors (Lipinski definition) is 7. The topological polar surface area (TPSA) is 75.0 Å². The van der Waals surface area contributed by atoms with Gasteiger partial charge in [0.1, 0.15) is 12.7 Å². The SMILES string of the molecule is COc1nn(C)cc1N=C=S.S=C(n1ccnc1)n1ccnc1. The smallest absolute Gasteiger partial charge is 0.259 e. The van der Waals surface area contributed by atoms with Gasteiger partial charge in [-0.1, -0.05) is 0 Å². The van der Waals surface area contributed by atoms with Crippen LogP contribution in [0.4, 0.5) is 5.69 Å². The van der Waals surface area contributed by atoms with Gasteiger partial charge in [-0.25, -0.2) is 9.97 Å². The molecule has 3 aromatic rings. The highest BCUT2D eigenvalue weighted by Gasteiger charge is 2.04. The van der Waals surface area contributed by atoms with Crippen molar-refractivity contribution in [2.24, 2.45) is 12.0 Å². The van der Waals surface area contributed by atoms with Gasteiger partial charge in [0.2, 0.25) is 0 Å². The molecule has 0 aromatic carbocycles. The number of nitrogens with zero attached hydrogens (tertiary/aromatic N) is 7. The van der Waals surface area contributed by atoms with Crippen LogP contribution in [0, 0.1) is 0 Å². The normalized spacial score (nSPS) is 9.48. The first-order valence-corrected chi connectivity index (χ1v) is 7.13. The highest BCUT2D eigenvalue weighted by Crippen LogP contribution is 2.23. The molecule has 10 heteroatoms. The van der Waals surface area contributed by atoms with Crippen molar-refractivity contribution < 1.29 is 4.74 Å². The second kappa shape index (κ2) is 8.08. The standard InChI is InChI=1S/C7H6N4S.C6H7N3OS/c12-7(10-3-1-8-5-10)11-4-2-9-6-11;1-9-3-5(7-4-11)6(8-9)10-2/h1-6H;3H,1-2H3. The zero-order valence-electron chi connectivity index (χ0n) is 12.4. The Hall–Kier alpha value is -2.68. The van der Waals surface area contributed by atoms with Crippen LogP contribution in [0.5, 0.6) is 5.88 Å². The molecule has 3 aromatic heterocycles. The van der Waals surface area contributed by atoms with Crippen LogP contribution >= 0.6 is 24.4 Å². The molecule has 0 atom stereocenters. The van der Waals surface area contributed by atoms with Gasteiger partial charge in [0.15, 0.2) is 10.8 Å². The maximum atomic E-state index is 5.14. The van der Waals surface area contributed by atoms with E-state index in [4.69, 9.17) is 17.0 Å². The van der Waals surface area contributed by atoms with Crippen LogP contribution in [-0.4, -0.2) is 46.3 Å². The first kappa shape index (κ1) is 16.7. The third-order valence-electron chi connectivity index (χ3n) is 2.59. The number of rotatable bonds is 2. The predicted molar refractivity (Wildman–Crippen MR) is 92.3 cm³/mol. The van der Waals surface area contributed by atoms with Gasteiger partial charge < -0.3 is 4.74 Å². The van der Waals surface area contributed by atoms with E-state index in [0.717, 1.165) is 0 Å². The first-order chi connectivity index (χ1) is 11.2. The molecule has 118 valence electrons. The highest BCUT2D eigenvalue weighted by atomic mass is 32.1. The van der Waals surface area contributed by atoms with Gasteiger partial charge in [-0.05, 0) is 24.4 Å². The summed E-state index contributed by atoms with van der Waals surface area (Å²) in [5, 5.41) is 6.85. The third-order valence-corrected chi connectivity index (χ3v) is 3.10. The lowest BCUT2D eigenvalue weighted by Crippen LogP contribution is -2.15. The Bertz CT molecular complexity index is 765. The van der Waals surface area contributed by atoms with E-state index in [1.54, 1.807) is 64.5 Å². The molecule has 3 heterocycles. The van der Waals surface area contributed by atoms with Crippen molar-refractivity contribution in [2.75, 3.05) is 7.11 Å². The Labute approximate surface area is 143 Å². The number of ether oxygens (including phenoxy) is 1. The molecule has 0 amide bonds. The van der Waals surface area contributed by atoms with Crippen molar-refractivity contribution in [3.8, 4) is 5.88 Å². The molecule has 0 spiro atoms. The minimum atomic E-state index is 0.463. The summed E-state index contributed by atoms with van der Waals surface area (Å²) in [6.07, 6.45) is 12.0. The molecule has 0 aliphatic heterocycles. The Morgan fingerprint density at radius 1 is 1.22 bits per heavy atom. The van der Waals surface area contributed by atoms with Gasteiger partial charge >= 0.3 is 0 Å². The molecule has 0 saturated heterocycles.